The SMILES string of the molecule is O=C1C[C@@H]2CN(C(=O)c3ccc(-c4ccc(F)cc4)cc3)CC[C@@H]2N1. The summed E-state index contributed by atoms with van der Waals surface area (Å²) < 4.78 is 13.0. The number of hydrogen-bond acceptors (Lipinski definition) is 2. The molecule has 2 saturated heterocycles. The quantitative estimate of drug-likeness (QED) is 0.915. The van der Waals surface area contributed by atoms with Gasteiger partial charge >= 0.3 is 0 Å². The van der Waals surface area contributed by atoms with Gasteiger partial charge in [-0.05, 0) is 41.8 Å². The monoisotopic (exact) mass is 338 g/mol. The second-order valence-electron chi connectivity index (χ2n) is 6.76. The Morgan fingerprint density at radius 2 is 1.68 bits per heavy atom. The van der Waals surface area contributed by atoms with Crippen LogP contribution in [0.25, 0.3) is 11.1 Å². The summed E-state index contributed by atoms with van der Waals surface area (Å²) in [6, 6.07) is 13.9. The summed E-state index contributed by atoms with van der Waals surface area (Å²) in [5.41, 5.74) is 2.50. The van der Waals surface area contributed by atoms with E-state index in [0.29, 0.717) is 25.1 Å². The molecule has 4 rings (SSSR count). The molecule has 4 nitrogen and oxygen atoms in total. The molecule has 0 radical (unpaired) electrons. The van der Waals surface area contributed by atoms with Crippen LogP contribution in [0.4, 0.5) is 4.39 Å². The number of nitrogens with one attached hydrogen (secondary N) is 1. The van der Waals surface area contributed by atoms with Gasteiger partial charge in [0.1, 0.15) is 5.82 Å². The zero-order valence-corrected chi connectivity index (χ0v) is 13.7. The van der Waals surface area contributed by atoms with Crippen molar-refractivity contribution in [3.63, 3.8) is 0 Å². The van der Waals surface area contributed by atoms with Gasteiger partial charge in [-0.2, -0.15) is 0 Å². The maximum atomic E-state index is 13.0. The normalized spacial score (nSPS) is 22.4. The first kappa shape index (κ1) is 15.8. The summed E-state index contributed by atoms with van der Waals surface area (Å²) in [5.74, 6) is 0.0546. The summed E-state index contributed by atoms with van der Waals surface area (Å²) in [4.78, 5) is 26.1. The molecule has 0 saturated carbocycles. The van der Waals surface area contributed by atoms with Crippen molar-refractivity contribution in [3.05, 3.63) is 59.9 Å². The van der Waals surface area contributed by atoms with Crippen molar-refractivity contribution in [1.82, 2.24) is 10.2 Å². The van der Waals surface area contributed by atoms with Crippen molar-refractivity contribution in [1.29, 1.82) is 0 Å². The van der Waals surface area contributed by atoms with Gasteiger partial charge in [0.25, 0.3) is 5.91 Å². The zero-order chi connectivity index (χ0) is 17.4. The van der Waals surface area contributed by atoms with Gasteiger partial charge in [0.2, 0.25) is 5.91 Å². The molecular weight excluding hydrogens is 319 g/mol. The Balaban J connectivity index is 1.47. The Bertz CT molecular complexity index is 801. The molecule has 2 aromatic carbocycles. The lowest BCUT2D eigenvalue weighted by molar-refractivity contribution is -0.119. The Morgan fingerprint density at radius 1 is 1.04 bits per heavy atom. The van der Waals surface area contributed by atoms with E-state index in [9.17, 15) is 14.0 Å². The van der Waals surface area contributed by atoms with Crippen LogP contribution >= 0.6 is 0 Å². The van der Waals surface area contributed by atoms with Gasteiger partial charge in [-0.1, -0.05) is 24.3 Å². The maximum absolute atomic E-state index is 13.0. The predicted molar refractivity (Wildman–Crippen MR) is 92.4 cm³/mol. The highest BCUT2D eigenvalue weighted by Crippen LogP contribution is 2.27. The van der Waals surface area contributed by atoms with E-state index in [1.807, 2.05) is 29.2 Å². The molecule has 0 aromatic heterocycles. The number of piperidine rings is 1. The average Bonchev–Trinajstić information content (AvgIpc) is 3.01. The first-order valence-electron chi connectivity index (χ1n) is 8.55. The molecule has 5 heteroatoms. The fourth-order valence-corrected chi connectivity index (χ4v) is 3.75. The molecule has 2 aliphatic rings. The highest BCUT2D eigenvalue weighted by molar-refractivity contribution is 5.95. The number of nitrogens with zero attached hydrogens (tertiary/aromatic N) is 1. The Labute approximate surface area is 145 Å². The minimum absolute atomic E-state index is 0.00320. The first-order valence-corrected chi connectivity index (χ1v) is 8.55. The number of carbonyl (C=O) groups excluding carboxylic acids is 2. The van der Waals surface area contributed by atoms with Gasteiger partial charge < -0.3 is 10.2 Å². The summed E-state index contributed by atoms with van der Waals surface area (Å²) in [6.07, 6.45) is 1.33. The van der Waals surface area contributed by atoms with Crippen molar-refractivity contribution in [3.8, 4) is 11.1 Å². The molecule has 0 unspecified atom stereocenters. The van der Waals surface area contributed by atoms with E-state index < -0.39 is 0 Å². The summed E-state index contributed by atoms with van der Waals surface area (Å²) in [5, 5.41) is 2.98. The van der Waals surface area contributed by atoms with Crippen LogP contribution in [0.15, 0.2) is 48.5 Å². The number of amides is 2. The van der Waals surface area contributed by atoms with Gasteiger partial charge in [-0.15, -0.1) is 0 Å². The van der Waals surface area contributed by atoms with Gasteiger partial charge in [0, 0.05) is 37.0 Å². The Morgan fingerprint density at radius 3 is 2.36 bits per heavy atom. The topological polar surface area (TPSA) is 49.4 Å². The minimum atomic E-state index is -0.265. The lowest BCUT2D eigenvalue weighted by atomic mass is 9.92. The van der Waals surface area contributed by atoms with Crippen molar-refractivity contribution in [2.45, 2.75) is 18.9 Å². The molecule has 0 bridgehead atoms. The Kier molecular flexibility index (Phi) is 3.99. The number of rotatable bonds is 2. The minimum Gasteiger partial charge on any atom is -0.353 e. The van der Waals surface area contributed by atoms with Gasteiger partial charge in [-0.3, -0.25) is 9.59 Å². The third-order valence-corrected chi connectivity index (χ3v) is 5.12. The van der Waals surface area contributed by atoms with Gasteiger partial charge in [0.05, 0.1) is 0 Å². The lowest BCUT2D eigenvalue weighted by Gasteiger charge is -2.34. The predicted octanol–water partition coefficient (Wildman–Crippen LogP) is 2.84. The highest BCUT2D eigenvalue weighted by Gasteiger charge is 2.38. The van der Waals surface area contributed by atoms with Crippen molar-refractivity contribution in [2.75, 3.05) is 13.1 Å². The van der Waals surface area contributed by atoms with E-state index in [1.54, 1.807) is 12.1 Å². The second kappa shape index (κ2) is 6.31. The molecule has 2 aromatic rings. The molecule has 2 fully saturated rings. The zero-order valence-electron chi connectivity index (χ0n) is 13.7. The molecule has 2 heterocycles. The third kappa shape index (κ3) is 3.14. The molecule has 2 atom stereocenters. The number of carbonyl (C=O) groups is 2. The number of benzene rings is 2. The summed E-state index contributed by atoms with van der Waals surface area (Å²) in [6.45, 7) is 1.29. The van der Waals surface area contributed by atoms with Crippen LogP contribution in [0, 0.1) is 11.7 Å². The van der Waals surface area contributed by atoms with Gasteiger partial charge in [0.15, 0.2) is 0 Å². The summed E-state index contributed by atoms with van der Waals surface area (Å²) >= 11 is 0. The fraction of sp³-hybridized carbons (Fsp3) is 0.300. The standard InChI is InChI=1S/C20H19FN2O2/c21-17-7-5-14(6-8-17)13-1-3-15(4-2-13)20(25)23-10-9-18-16(12-23)11-19(24)22-18/h1-8,16,18H,9-12H2,(H,22,24)/t16-,18+/m1/s1. The number of fused-ring (bicyclic) bond motifs is 1. The van der Waals surface area contributed by atoms with Crippen LogP contribution in [0.5, 0.6) is 0 Å². The van der Waals surface area contributed by atoms with Crippen molar-refractivity contribution < 1.29 is 14.0 Å². The highest BCUT2D eigenvalue weighted by atomic mass is 19.1. The first-order chi connectivity index (χ1) is 12.1. The molecule has 128 valence electrons. The van der Waals surface area contributed by atoms with E-state index >= 15 is 0 Å². The van der Waals surface area contributed by atoms with Crippen LogP contribution in [0.3, 0.4) is 0 Å². The van der Waals surface area contributed by atoms with Crippen LogP contribution in [0.2, 0.25) is 0 Å². The van der Waals surface area contributed by atoms with E-state index in [0.717, 1.165) is 17.5 Å². The van der Waals surface area contributed by atoms with Crippen LogP contribution in [0.1, 0.15) is 23.2 Å². The number of hydrogen-bond donors (Lipinski definition) is 1. The van der Waals surface area contributed by atoms with E-state index in [4.69, 9.17) is 0 Å². The van der Waals surface area contributed by atoms with Crippen LogP contribution in [-0.2, 0) is 4.79 Å². The molecular formula is C20H19FN2O2. The lowest BCUT2D eigenvalue weighted by Crippen LogP contribution is -2.47. The largest absolute Gasteiger partial charge is 0.353 e. The molecule has 2 aliphatic heterocycles. The second-order valence-corrected chi connectivity index (χ2v) is 6.76. The van der Waals surface area contributed by atoms with Crippen molar-refractivity contribution >= 4 is 11.8 Å². The maximum Gasteiger partial charge on any atom is 0.253 e. The smallest absolute Gasteiger partial charge is 0.253 e. The molecule has 25 heavy (non-hydrogen) atoms. The van der Waals surface area contributed by atoms with Crippen LogP contribution in [-0.4, -0.2) is 35.8 Å². The van der Waals surface area contributed by atoms with E-state index in [-0.39, 0.29) is 29.6 Å². The average molecular weight is 338 g/mol. The fourth-order valence-electron chi connectivity index (χ4n) is 3.75. The third-order valence-electron chi connectivity index (χ3n) is 5.12. The molecule has 0 spiro atoms. The van der Waals surface area contributed by atoms with E-state index in [2.05, 4.69) is 5.32 Å². The van der Waals surface area contributed by atoms with E-state index in [1.165, 1.54) is 12.1 Å². The van der Waals surface area contributed by atoms with Gasteiger partial charge in [-0.25, -0.2) is 4.39 Å². The Hall–Kier alpha value is -2.69. The number of likely N-dealkylation sites (tertiary alicyclic amines) is 1. The van der Waals surface area contributed by atoms with Crippen LogP contribution < -0.4 is 5.32 Å². The molecule has 0 aliphatic carbocycles. The van der Waals surface area contributed by atoms with Crippen molar-refractivity contribution in [2.24, 2.45) is 5.92 Å². The molecule has 2 amide bonds. The summed E-state index contributed by atoms with van der Waals surface area (Å²) in [7, 11) is 0. The molecule has 1 N–H and O–H groups in total. The number of halogens is 1.